The maximum absolute atomic E-state index is 13.7. The average molecular weight is 555 g/mol. The topological polar surface area (TPSA) is 97.6 Å². The third-order valence-electron chi connectivity index (χ3n) is 6.92. The highest BCUT2D eigenvalue weighted by Gasteiger charge is 2.43. The first kappa shape index (κ1) is 27.0. The number of nitrogens with zero attached hydrogens (tertiary/aromatic N) is 1. The first-order valence-corrected chi connectivity index (χ1v) is 13.4. The maximum Gasteiger partial charge on any atom is 0.336 e. The molecule has 1 N–H and O–H groups in total. The van der Waals surface area contributed by atoms with E-state index in [0.29, 0.717) is 62.9 Å². The second-order valence-corrected chi connectivity index (χ2v) is 9.71. The maximum atomic E-state index is 13.7. The summed E-state index contributed by atoms with van der Waals surface area (Å²) in [5.41, 5.74) is 5.18. The van der Waals surface area contributed by atoms with Crippen LogP contribution in [0.15, 0.2) is 77.5 Å². The van der Waals surface area contributed by atoms with Crippen LogP contribution in [0.5, 0.6) is 11.5 Å². The Morgan fingerprint density at radius 2 is 1.75 bits per heavy atom. The molecule has 0 unspecified atom stereocenters. The Hall–Kier alpha value is -4.54. The minimum Gasteiger partial charge on any atom is -0.490 e. The number of carbonyl (C=O) groups is 2. The minimum atomic E-state index is -0.750. The van der Waals surface area contributed by atoms with Gasteiger partial charge in [-0.05, 0) is 44.5 Å². The van der Waals surface area contributed by atoms with Crippen molar-refractivity contribution < 1.29 is 23.8 Å². The van der Waals surface area contributed by atoms with E-state index in [1.165, 1.54) is 0 Å². The fourth-order valence-corrected chi connectivity index (χ4v) is 5.48. The zero-order valence-electron chi connectivity index (χ0n) is 22.3. The lowest BCUT2D eigenvalue weighted by Crippen LogP contribution is -2.29. The average Bonchev–Trinajstić information content (AvgIpc) is 3.23. The van der Waals surface area contributed by atoms with E-state index in [0.717, 1.165) is 5.56 Å². The summed E-state index contributed by atoms with van der Waals surface area (Å²) in [7, 11) is 0. The van der Waals surface area contributed by atoms with Crippen LogP contribution in [-0.2, 0) is 16.1 Å². The van der Waals surface area contributed by atoms with Crippen molar-refractivity contribution in [1.29, 1.82) is 5.26 Å². The van der Waals surface area contributed by atoms with Crippen molar-refractivity contribution in [2.24, 2.45) is 0 Å². The SMILES string of the molecule is CCOC(=O)C1=C(C)NC2=C(C(=O)c3ccccc32)[C@H]1c1cc(Cl)c(OCc2ccccc2C#N)c(OCC)c1. The van der Waals surface area contributed by atoms with Crippen LogP contribution in [0.4, 0.5) is 0 Å². The zero-order chi connectivity index (χ0) is 28.4. The van der Waals surface area contributed by atoms with E-state index >= 15 is 0 Å². The number of rotatable bonds is 8. The second-order valence-electron chi connectivity index (χ2n) is 9.30. The first-order chi connectivity index (χ1) is 19.4. The molecule has 0 fully saturated rings. The van der Waals surface area contributed by atoms with Gasteiger partial charge in [-0.3, -0.25) is 4.79 Å². The number of ether oxygens (including phenoxy) is 3. The second kappa shape index (κ2) is 11.3. The fourth-order valence-electron chi connectivity index (χ4n) is 5.20. The molecule has 1 atom stereocenters. The van der Waals surface area contributed by atoms with Crippen molar-refractivity contribution in [2.45, 2.75) is 33.3 Å². The molecule has 3 aromatic carbocycles. The molecule has 0 amide bonds. The molecule has 3 aromatic rings. The Labute approximate surface area is 237 Å². The summed E-state index contributed by atoms with van der Waals surface area (Å²) in [6, 6.07) is 20.1. The number of fused-ring (bicyclic) bond motifs is 2. The predicted molar refractivity (Wildman–Crippen MR) is 151 cm³/mol. The molecular weight excluding hydrogens is 528 g/mol. The summed E-state index contributed by atoms with van der Waals surface area (Å²) in [6.07, 6.45) is 0. The lowest BCUT2D eigenvalue weighted by molar-refractivity contribution is -0.138. The molecule has 0 saturated carbocycles. The molecule has 40 heavy (non-hydrogen) atoms. The number of benzene rings is 3. The third-order valence-corrected chi connectivity index (χ3v) is 7.20. The number of allylic oxidation sites excluding steroid dienone is 2. The quantitative estimate of drug-likeness (QED) is 0.325. The molecule has 2 aliphatic rings. The van der Waals surface area contributed by atoms with Crippen molar-refractivity contribution in [3.8, 4) is 17.6 Å². The summed E-state index contributed by atoms with van der Waals surface area (Å²) in [5, 5.41) is 13.0. The van der Waals surface area contributed by atoms with E-state index in [9.17, 15) is 14.9 Å². The summed E-state index contributed by atoms with van der Waals surface area (Å²) in [6.45, 7) is 5.99. The van der Waals surface area contributed by atoms with Gasteiger partial charge in [0.25, 0.3) is 0 Å². The highest BCUT2D eigenvalue weighted by molar-refractivity contribution is 6.32. The number of nitrogens with one attached hydrogen (secondary N) is 1. The van der Waals surface area contributed by atoms with E-state index < -0.39 is 11.9 Å². The number of dihydropyridines is 1. The van der Waals surface area contributed by atoms with Gasteiger partial charge in [-0.25, -0.2) is 4.79 Å². The van der Waals surface area contributed by atoms with Gasteiger partial charge in [0.15, 0.2) is 17.3 Å². The van der Waals surface area contributed by atoms with Crippen molar-refractivity contribution in [2.75, 3.05) is 13.2 Å². The lowest BCUT2D eigenvalue weighted by atomic mass is 9.79. The highest BCUT2D eigenvalue weighted by Crippen LogP contribution is 2.49. The summed E-state index contributed by atoms with van der Waals surface area (Å²) in [5.74, 6) is -0.762. The van der Waals surface area contributed by atoms with E-state index in [-0.39, 0.29) is 24.0 Å². The fraction of sp³-hybridized carbons (Fsp3) is 0.219. The first-order valence-electron chi connectivity index (χ1n) is 13.0. The Balaban J connectivity index is 1.62. The van der Waals surface area contributed by atoms with Gasteiger partial charge >= 0.3 is 5.97 Å². The summed E-state index contributed by atoms with van der Waals surface area (Å²) >= 11 is 6.80. The van der Waals surface area contributed by atoms with Gasteiger partial charge in [0.1, 0.15) is 6.61 Å². The van der Waals surface area contributed by atoms with Gasteiger partial charge in [-0.1, -0.05) is 54.1 Å². The molecule has 1 aliphatic heterocycles. The lowest BCUT2D eigenvalue weighted by Gasteiger charge is -2.30. The van der Waals surface area contributed by atoms with Crippen LogP contribution in [0.3, 0.4) is 0 Å². The molecule has 0 saturated heterocycles. The normalized spacial score (nSPS) is 15.7. The predicted octanol–water partition coefficient (Wildman–Crippen LogP) is 6.32. The Bertz CT molecular complexity index is 1630. The smallest absolute Gasteiger partial charge is 0.336 e. The molecule has 202 valence electrons. The molecule has 0 spiro atoms. The molecular formula is C32H27ClN2O5. The van der Waals surface area contributed by atoms with Crippen molar-refractivity contribution >= 4 is 29.1 Å². The van der Waals surface area contributed by atoms with Crippen molar-refractivity contribution in [1.82, 2.24) is 5.32 Å². The Morgan fingerprint density at radius 1 is 1.02 bits per heavy atom. The zero-order valence-corrected chi connectivity index (χ0v) is 23.1. The van der Waals surface area contributed by atoms with E-state index in [1.54, 1.807) is 44.2 Å². The van der Waals surface area contributed by atoms with Crippen LogP contribution in [-0.4, -0.2) is 25.0 Å². The standard InChI is InChI=1S/C32H27ClN2O5/c1-4-38-25-15-21(14-24(33)31(25)40-17-20-11-7-6-10-19(20)16-34)27-26(32(37)39-5-2)18(3)35-29-22-12-8-9-13-23(22)30(36)28(27)29/h6-15,27,35H,4-5,17H2,1-3H3/t27-/m0/s1. The molecule has 8 heteroatoms. The Morgan fingerprint density at radius 3 is 2.48 bits per heavy atom. The summed E-state index contributed by atoms with van der Waals surface area (Å²) in [4.78, 5) is 27.0. The molecule has 0 radical (unpaired) electrons. The van der Waals surface area contributed by atoms with Crippen LogP contribution in [0.1, 0.15) is 59.3 Å². The van der Waals surface area contributed by atoms with Crippen LogP contribution in [0.2, 0.25) is 5.02 Å². The van der Waals surface area contributed by atoms with Crippen LogP contribution >= 0.6 is 11.6 Å². The van der Waals surface area contributed by atoms with Gasteiger partial charge in [0, 0.05) is 33.9 Å². The molecule has 1 heterocycles. The third kappa shape index (κ3) is 4.72. The molecule has 5 rings (SSSR count). The molecule has 0 bridgehead atoms. The monoisotopic (exact) mass is 554 g/mol. The molecule has 0 aromatic heterocycles. The van der Waals surface area contributed by atoms with Gasteiger partial charge in [0.05, 0.1) is 41.1 Å². The van der Waals surface area contributed by atoms with Crippen LogP contribution in [0, 0.1) is 11.3 Å². The summed E-state index contributed by atoms with van der Waals surface area (Å²) < 4.78 is 17.4. The number of halogens is 1. The van der Waals surface area contributed by atoms with E-state index in [2.05, 4.69) is 11.4 Å². The van der Waals surface area contributed by atoms with Gasteiger partial charge in [-0.15, -0.1) is 0 Å². The largest absolute Gasteiger partial charge is 0.490 e. The van der Waals surface area contributed by atoms with Crippen molar-refractivity contribution in [3.63, 3.8) is 0 Å². The van der Waals surface area contributed by atoms with Gasteiger partial charge in [-0.2, -0.15) is 5.26 Å². The van der Waals surface area contributed by atoms with Crippen LogP contribution in [0.25, 0.3) is 5.70 Å². The minimum absolute atomic E-state index is 0.104. The Kier molecular flexibility index (Phi) is 7.63. The van der Waals surface area contributed by atoms with Crippen molar-refractivity contribution in [3.05, 3.63) is 110 Å². The number of hydrogen-bond donors (Lipinski definition) is 1. The number of Topliss-reactive ketones (excluding diaryl/α,β-unsaturated/α-hetero) is 1. The number of hydrogen-bond acceptors (Lipinski definition) is 7. The number of esters is 1. The highest BCUT2D eigenvalue weighted by atomic mass is 35.5. The van der Waals surface area contributed by atoms with Crippen LogP contribution < -0.4 is 14.8 Å². The number of ketones is 1. The van der Waals surface area contributed by atoms with E-state index in [4.69, 9.17) is 25.8 Å². The molecule has 1 aliphatic carbocycles. The van der Waals surface area contributed by atoms with E-state index in [1.807, 2.05) is 37.3 Å². The van der Waals surface area contributed by atoms with Gasteiger partial charge < -0.3 is 19.5 Å². The number of nitriles is 1. The number of carbonyl (C=O) groups excluding carboxylic acids is 2. The molecule has 7 nitrogen and oxygen atoms in total. The van der Waals surface area contributed by atoms with Gasteiger partial charge in [0.2, 0.25) is 0 Å².